The fraction of sp³-hybridized carbons (Fsp3) is 0.629. The van der Waals surface area contributed by atoms with Gasteiger partial charge in [0.05, 0.1) is 12.5 Å². The molecular formula is C35H53N7O10. The molecule has 0 aliphatic carbocycles. The van der Waals surface area contributed by atoms with Crippen molar-refractivity contribution in [3.8, 4) is 5.75 Å². The number of nitrogens with two attached hydrogens (primary N) is 1. The first-order valence-electron chi connectivity index (χ1n) is 17.9. The zero-order valence-corrected chi connectivity index (χ0v) is 29.8. The third-order valence-electron chi connectivity index (χ3n) is 9.57. The second kappa shape index (κ2) is 20.3. The van der Waals surface area contributed by atoms with Crippen molar-refractivity contribution in [3.05, 3.63) is 29.8 Å². The third kappa shape index (κ3) is 12.2. The highest BCUT2D eigenvalue weighted by Crippen LogP contribution is 2.21. The van der Waals surface area contributed by atoms with Crippen LogP contribution in [0.1, 0.15) is 77.2 Å². The van der Waals surface area contributed by atoms with Crippen LogP contribution in [0.15, 0.2) is 24.3 Å². The quantitative estimate of drug-likeness (QED) is 0.0758. The summed E-state index contributed by atoms with van der Waals surface area (Å²) in [6.07, 6.45) is 2.71. The van der Waals surface area contributed by atoms with Crippen LogP contribution in [0.25, 0.3) is 0 Å². The summed E-state index contributed by atoms with van der Waals surface area (Å²) in [4.78, 5) is 92.5. The van der Waals surface area contributed by atoms with Crippen LogP contribution in [0, 0.1) is 5.92 Å². The highest BCUT2D eigenvalue weighted by atomic mass is 16.4. The molecular weight excluding hydrogens is 678 g/mol. The van der Waals surface area contributed by atoms with Crippen LogP contribution < -0.4 is 32.3 Å². The van der Waals surface area contributed by atoms with Gasteiger partial charge in [-0.15, -0.1) is 0 Å². The number of carboxylic acid groups (broad SMARTS) is 2. The maximum atomic E-state index is 13.9. The Bertz CT molecular complexity index is 1420. The predicted octanol–water partition coefficient (Wildman–Crippen LogP) is -0.649. The van der Waals surface area contributed by atoms with Gasteiger partial charge in [-0.2, -0.15) is 0 Å². The smallest absolute Gasteiger partial charge is 0.326 e. The number of aromatic hydroxyl groups is 1. The van der Waals surface area contributed by atoms with E-state index >= 15 is 0 Å². The van der Waals surface area contributed by atoms with Crippen LogP contribution >= 0.6 is 0 Å². The summed E-state index contributed by atoms with van der Waals surface area (Å²) >= 11 is 0. The molecule has 1 aromatic rings. The summed E-state index contributed by atoms with van der Waals surface area (Å²) in [5.41, 5.74) is 6.27. The Kier molecular flexibility index (Phi) is 16.3. The van der Waals surface area contributed by atoms with E-state index in [0.717, 1.165) is 6.42 Å². The molecule has 10 N–H and O–H groups in total. The predicted molar refractivity (Wildman–Crippen MR) is 188 cm³/mol. The topological polar surface area (TPSA) is 270 Å². The van der Waals surface area contributed by atoms with Crippen LogP contribution in [0.2, 0.25) is 0 Å². The van der Waals surface area contributed by atoms with Gasteiger partial charge in [-0.25, -0.2) is 4.79 Å². The van der Waals surface area contributed by atoms with E-state index in [1.807, 2.05) is 0 Å². The monoisotopic (exact) mass is 731 g/mol. The van der Waals surface area contributed by atoms with E-state index in [9.17, 15) is 48.9 Å². The van der Waals surface area contributed by atoms with Crippen molar-refractivity contribution in [3.63, 3.8) is 0 Å². The van der Waals surface area contributed by atoms with Gasteiger partial charge in [-0.1, -0.05) is 32.4 Å². The lowest BCUT2D eigenvalue weighted by atomic mass is 9.96. The molecule has 2 heterocycles. The lowest BCUT2D eigenvalue weighted by Crippen LogP contribution is -2.60. The fourth-order valence-corrected chi connectivity index (χ4v) is 6.37. The molecule has 0 bridgehead atoms. The minimum absolute atomic E-state index is 0.00531. The Hall–Kier alpha value is -4.77. The Morgan fingerprint density at radius 1 is 0.885 bits per heavy atom. The van der Waals surface area contributed by atoms with E-state index in [4.69, 9.17) is 5.73 Å². The van der Waals surface area contributed by atoms with Crippen LogP contribution in [-0.4, -0.2) is 118 Å². The van der Waals surface area contributed by atoms with Crippen molar-refractivity contribution in [1.82, 2.24) is 31.5 Å². The first-order chi connectivity index (χ1) is 24.7. The Labute approximate surface area is 302 Å². The first kappa shape index (κ1) is 41.6. The summed E-state index contributed by atoms with van der Waals surface area (Å²) in [7, 11) is 0. The second-order valence-corrected chi connectivity index (χ2v) is 13.5. The molecule has 0 aromatic heterocycles. The zero-order chi connectivity index (χ0) is 38.4. The minimum Gasteiger partial charge on any atom is -0.508 e. The highest BCUT2D eigenvalue weighted by Gasteiger charge is 2.39. The number of nitrogens with one attached hydrogen (secondary N) is 5. The molecule has 2 aliphatic heterocycles. The molecule has 17 heteroatoms. The molecule has 0 saturated carbocycles. The molecule has 1 aromatic carbocycles. The highest BCUT2D eigenvalue weighted by molar-refractivity contribution is 5.97. The van der Waals surface area contributed by atoms with Gasteiger partial charge in [-0.05, 0) is 81.6 Å². The number of hydrogen-bond donors (Lipinski definition) is 9. The third-order valence-corrected chi connectivity index (χ3v) is 9.57. The van der Waals surface area contributed by atoms with Crippen molar-refractivity contribution in [1.29, 1.82) is 0 Å². The standard InChI is InChI=1S/C35H53N7O10/c1-3-20(2)29(41-32(48)25(19-28(44)45)39-30(46)23-9-6-16-37-23)33(49)38-24(8-4-5-15-36)31(47)40-26(18-21-11-13-22(43)14-12-21)34(50)42-17-7-10-27(42)35(51)52/h11-14,20,23-27,29,37,43H,3-10,15-19,36H2,1-2H3,(H,38,49)(H,39,46)(H,40,47)(H,41,48)(H,44,45)(H,51,52)/t20-,23-,24-,25-,26-,27-,29-/m0/s1. The molecule has 3 rings (SSSR count). The minimum atomic E-state index is -1.47. The SMILES string of the molecule is CC[C@H](C)[C@H](NC(=O)[C@H](CC(=O)O)NC(=O)[C@@H]1CCCN1)C(=O)N[C@@H](CCCCN)C(=O)N[C@@H](Cc1ccc(O)cc1)C(=O)N1CCC[C@H]1C(=O)O. The van der Waals surface area contributed by atoms with Gasteiger partial charge in [-0.3, -0.25) is 28.8 Å². The van der Waals surface area contributed by atoms with Gasteiger partial charge in [0.15, 0.2) is 0 Å². The summed E-state index contributed by atoms with van der Waals surface area (Å²) in [5.74, 6) is -6.45. The number of phenols is 1. The van der Waals surface area contributed by atoms with Crippen LogP contribution in [0.5, 0.6) is 5.75 Å². The van der Waals surface area contributed by atoms with E-state index < -0.39 is 90.1 Å². The van der Waals surface area contributed by atoms with Gasteiger partial charge in [0.25, 0.3) is 0 Å². The molecule has 17 nitrogen and oxygen atoms in total. The molecule has 0 unspecified atom stereocenters. The van der Waals surface area contributed by atoms with E-state index in [1.54, 1.807) is 26.0 Å². The summed E-state index contributed by atoms with van der Waals surface area (Å²) in [6, 6.07) is -0.753. The second-order valence-electron chi connectivity index (χ2n) is 13.5. The van der Waals surface area contributed by atoms with Crippen molar-refractivity contribution in [2.75, 3.05) is 19.6 Å². The fourth-order valence-electron chi connectivity index (χ4n) is 6.37. The molecule has 2 saturated heterocycles. The Morgan fingerprint density at radius 3 is 2.15 bits per heavy atom. The van der Waals surface area contributed by atoms with Gasteiger partial charge in [0.1, 0.15) is 36.0 Å². The lowest BCUT2D eigenvalue weighted by Gasteiger charge is -2.30. The van der Waals surface area contributed by atoms with Crippen LogP contribution in [0.3, 0.4) is 0 Å². The Balaban J connectivity index is 1.84. The number of unbranched alkanes of at least 4 members (excludes halogenated alkanes) is 1. The number of amides is 5. The van der Waals surface area contributed by atoms with Gasteiger partial charge in [0, 0.05) is 13.0 Å². The van der Waals surface area contributed by atoms with E-state index in [1.165, 1.54) is 17.0 Å². The number of carbonyl (C=O) groups is 7. The van der Waals surface area contributed by atoms with E-state index in [-0.39, 0.29) is 31.6 Å². The molecule has 2 fully saturated rings. The van der Waals surface area contributed by atoms with Crippen LogP contribution in [-0.2, 0) is 40.0 Å². The number of benzene rings is 1. The van der Waals surface area contributed by atoms with Crippen molar-refractivity contribution >= 4 is 41.5 Å². The number of nitrogens with zero attached hydrogens (tertiary/aromatic N) is 1. The summed E-state index contributed by atoms with van der Waals surface area (Å²) in [6.45, 7) is 4.59. The van der Waals surface area contributed by atoms with Crippen molar-refractivity contribution in [2.24, 2.45) is 11.7 Å². The number of carbonyl (C=O) groups excluding carboxylic acids is 5. The van der Waals surface area contributed by atoms with Crippen molar-refractivity contribution in [2.45, 2.75) is 114 Å². The molecule has 52 heavy (non-hydrogen) atoms. The first-order valence-corrected chi connectivity index (χ1v) is 17.9. The summed E-state index contributed by atoms with van der Waals surface area (Å²) < 4.78 is 0. The van der Waals surface area contributed by atoms with Gasteiger partial charge < -0.3 is 52.5 Å². The largest absolute Gasteiger partial charge is 0.508 e. The van der Waals surface area contributed by atoms with Gasteiger partial charge in [0.2, 0.25) is 29.5 Å². The number of phenolic OH excluding ortho intramolecular Hbond substituents is 1. The number of hydrogen-bond acceptors (Lipinski definition) is 10. The number of rotatable bonds is 20. The number of likely N-dealkylation sites (tertiary alicyclic amines) is 1. The zero-order valence-electron chi connectivity index (χ0n) is 29.8. The normalized spacial score (nSPS) is 19.8. The molecule has 2 aliphatic rings. The maximum absolute atomic E-state index is 13.9. The van der Waals surface area contributed by atoms with Crippen molar-refractivity contribution < 1.29 is 48.9 Å². The van der Waals surface area contributed by atoms with E-state index in [0.29, 0.717) is 50.8 Å². The number of aliphatic carboxylic acids is 2. The molecule has 0 spiro atoms. The van der Waals surface area contributed by atoms with Gasteiger partial charge >= 0.3 is 11.9 Å². The molecule has 7 atom stereocenters. The molecule has 0 radical (unpaired) electrons. The molecule has 5 amide bonds. The average molecular weight is 732 g/mol. The summed E-state index contributed by atoms with van der Waals surface area (Å²) in [5, 5.41) is 42.4. The lowest BCUT2D eigenvalue weighted by molar-refractivity contribution is -0.149. The van der Waals surface area contributed by atoms with E-state index in [2.05, 4.69) is 26.6 Å². The van der Waals surface area contributed by atoms with Crippen LogP contribution in [0.4, 0.5) is 0 Å². The maximum Gasteiger partial charge on any atom is 0.326 e. The Morgan fingerprint density at radius 2 is 1.56 bits per heavy atom. The number of carboxylic acids is 2. The average Bonchev–Trinajstić information content (AvgIpc) is 3.83. The molecule has 288 valence electrons.